The molecule has 30 heavy (non-hydrogen) atoms. The summed E-state index contributed by atoms with van der Waals surface area (Å²) in [6.07, 6.45) is 1.87. The third kappa shape index (κ3) is 3.78. The van der Waals surface area contributed by atoms with Crippen LogP contribution in [0.4, 0.5) is 5.82 Å². The van der Waals surface area contributed by atoms with Crippen LogP contribution in [0.25, 0.3) is 21.5 Å². The lowest BCUT2D eigenvalue weighted by atomic mass is 10.2. The Kier molecular flexibility index (Phi) is 5.74. The molecule has 0 aliphatic carbocycles. The van der Waals surface area contributed by atoms with Crippen molar-refractivity contribution in [2.75, 3.05) is 12.3 Å². The number of hydrogen-bond acceptors (Lipinski definition) is 8. The maximum Gasteiger partial charge on any atom is 0.348 e. The van der Waals surface area contributed by atoms with Gasteiger partial charge in [-0.15, -0.1) is 11.3 Å². The van der Waals surface area contributed by atoms with E-state index in [-0.39, 0.29) is 5.97 Å². The molecule has 0 aliphatic rings. The third-order valence-corrected chi connectivity index (χ3v) is 6.88. The van der Waals surface area contributed by atoms with Gasteiger partial charge in [-0.05, 0) is 25.0 Å². The Morgan fingerprint density at radius 3 is 2.77 bits per heavy atom. The van der Waals surface area contributed by atoms with Gasteiger partial charge in [-0.1, -0.05) is 42.1 Å². The predicted molar refractivity (Wildman–Crippen MR) is 121 cm³/mol. The van der Waals surface area contributed by atoms with Crippen LogP contribution in [0.5, 0.6) is 0 Å². The molecule has 0 fully saturated rings. The Balaban J connectivity index is 1.58. The molecular formula is C21H21N5O2S2. The van der Waals surface area contributed by atoms with Crippen molar-refractivity contribution in [2.24, 2.45) is 7.05 Å². The van der Waals surface area contributed by atoms with Crippen molar-refractivity contribution in [1.82, 2.24) is 19.5 Å². The van der Waals surface area contributed by atoms with E-state index in [9.17, 15) is 4.79 Å². The number of esters is 1. The standard InChI is InChI=1S/C21H21N5O2S2/c1-4-28-20(27)17-12(2)16-18(22)24-15(25-19(16)30-17)11-29-21-23-10-14(26(21)3)13-8-6-5-7-9-13/h5-10H,4,11H2,1-3H3,(H2,22,24,25). The second-order valence-corrected chi connectivity index (χ2v) is 8.56. The number of carbonyl (C=O) groups excluding carboxylic acids is 1. The zero-order valence-electron chi connectivity index (χ0n) is 16.9. The molecule has 0 saturated heterocycles. The van der Waals surface area contributed by atoms with Crippen LogP contribution < -0.4 is 5.73 Å². The zero-order valence-corrected chi connectivity index (χ0v) is 18.5. The van der Waals surface area contributed by atoms with Crippen LogP contribution in [0.3, 0.4) is 0 Å². The van der Waals surface area contributed by atoms with Gasteiger partial charge in [0, 0.05) is 7.05 Å². The molecule has 0 unspecified atom stereocenters. The zero-order chi connectivity index (χ0) is 21.3. The molecule has 0 radical (unpaired) electrons. The van der Waals surface area contributed by atoms with E-state index in [4.69, 9.17) is 10.5 Å². The fourth-order valence-electron chi connectivity index (χ4n) is 3.20. The first-order chi connectivity index (χ1) is 14.5. The van der Waals surface area contributed by atoms with Crippen LogP contribution in [-0.4, -0.2) is 32.1 Å². The van der Waals surface area contributed by atoms with Gasteiger partial charge in [0.2, 0.25) is 0 Å². The Bertz CT molecular complexity index is 1220. The normalized spacial score (nSPS) is 11.2. The number of carbonyl (C=O) groups is 1. The number of nitrogens with zero attached hydrogens (tertiary/aromatic N) is 4. The van der Waals surface area contributed by atoms with Crippen molar-refractivity contribution in [3.8, 4) is 11.3 Å². The van der Waals surface area contributed by atoms with Gasteiger partial charge in [-0.3, -0.25) is 0 Å². The molecule has 0 atom stereocenters. The second kappa shape index (κ2) is 8.45. The van der Waals surface area contributed by atoms with Gasteiger partial charge in [0.1, 0.15) is 21.3 Å². The summed E-state index contributed by atoms with van der Waals surface area (Å²) < 4.78 is 7.18. The van der Waals surface area contributed by atoms with E-state index < -0.39 is 0 Å². The van der Waals surface area contributed by atoms with E-state index >= 15 is 0 Å². The largest absolute Gasteiger partial charge is 0.462 e. The number of nitrogens with two attached hydrogens (primary N) is 1. The van der Waals surface area contributed by atoms with Crippen molar-refractivity contribution in [3.05, 3.63) is 52.8 Å². The first-order valence-electron chi connectivity index (χ1n) is 9.42. The lowest BCUT2D eigenvalue weighted by molar-refractivity contribution is 0.0531. The Morgan fingerprint density at radius 1 is 1.27 bits per heavy atom. The van der Waals surface area contributed by atoms with Gasteiger partial charge in [0.25, 0.3) is 0 Å². The van der Waals surface area contributed by atoms with E-state index in [1.165, 1.54) is 11.3 Å². The van der Waals surface area contributed by atoms with Crippen LogP contribution in [0.15, 0.2) is 41.7 Å². The predicted octanol–water partition coefficient (Wildman–Crippen LogP) is 4.45. The highest BCUT2D eigenvalue weighted by molar-refractivity contribution is 7.98. The third-order valence-electron chi connectivity index (χ3n) is 4.67. The number of thiophene rings is 1. The van der Waals surface area contributed by atoms with Crippen molar-refractivity contribution < 1.29 is 9.53 Å². The monoisotopic (exact) mass is 439 g/mol. The topological polar surface area (TPSA) is 95.9 Å². The lowest BCUT2D eigenvalue weighted by Gasteiger charge is -2.06. The molecule has 0 aliphatic heterocycles. The highest BCUT2D eigenvalue weighted by Gasteiger charge is 2.20. The minimum atomic E-state index is -0.352. The van der Waals surface area contributed by atoms with Crippen LogP contribution >= 0.6 is 23.1 Å². The molecule has 9 heteroatoms. The van der Waals surface area contributed by atoms with Crippen LogP contribution in [0, 0.1) is 6.92 Å². The number of hydrogen-bond donors (Lipinski definition) is 1. The van der Waals surface area contributed by atoms with E-state index in [1.807, 2.05) is 38.4 Å². The number of thioether (sulfide) groups is 1. The van der Waals surface area contributed by atoms with Crippen molar-refractivity contribution in [3.63, 3.8) is 0 Å². The molecule has 0 amide bonds. The van der Waals surface area contributed by atoms with E-state index in [0.29, 0.717) is 33.7 Å². The van der Waals surface area contributed by atoms with Crippen molar-refractivity contribution in [1.29, 1.82) is 0 Å². The first-order valence-corrected chi connectivity index (χ1v) is 11.2. The summed E-state index contributed by atoms with van der Waals surface area (Å²) in [5, 5.41) is 1.59. The summed E-state index contributed by atoms with van der Waals surface area (Å²) in [6, 6.07) is 10.1. The minimum absolute atomic E-state index is 0.324. The number of imidazole rings is 1. The average Bonchev–Trinajstić information content (AvgIpc) is 3.27. The average molecular weight is 440 g/mol. The number of anilines is 1. The molecule has 4 rings (SSSR count). The van der Waals surface area contributed by atoms with Gasteiger partial charge < -0.3 is 15.0 Å². The molecule has 0 spiro atoms. The number of benzene rings is 1. The fourth-order valence-corrected chi connectivity index (χ4v) is 5.11. The molecule has 0 saturated carbocycles. The number of ether oxygens (including phenoxy) is 1. The maximum absolute atomic E-state index is 12.2. The van der Waals surface area contributed by atoms with E-state index in [2.05, 4.69) is 31.7 Å². The van der Waals surface area contributed by atoms with Crippen LogP contribution in [0.2, 0.25) is 0 Å². The highest BCUT2D eigenvalue weighted by Crippen LogP contribution is 2.34. The van der Waals surface area contributed by atoms with E-state index in [0.717, 1.165) is 27.4 Å². The van der Waals surface area contributed by atoms with Gasteiger partial charge >= 0.3 is 5.97 Å². The molecule has 4 aromatic rings. The first kappa shape index (κ1) is 20.4. The summed E-state index contributed by atoms with van der Waals surface area (Å²) in [7, 11) is 1.99. The summed E-state index contributed by atoms with van der Waals surface area (Å²) in [4.78, 5) is 27.0. The Labute approximate surface area is 182 Å². The summed E-state index contributed by atoms with van der Waals surface area (Å²) >= 11 is 2.83. The minimum Gasteiger partial charge on any atom is -0.462 e. The number of aryl methyl sites for hydroxylation is 1. The highest BCUT2D eigenvalue weighted by atomic mass is 32.2. The summed E-state index contributed by atoms with van der Waals surface area (Å²) in [6.45, 7) is 3.95. The summed E-state index contributed by atoms with van der Waals surface area (Å²) in [5.41, 5.74) is 9.12. The van der Waals surface area contributed by atoms with Gasteiger partial charge in [-0.25, -0.2) is 19.7 Å². The molecule has 7 nitrogen and oxygen atoms in total. The fraction of sp³-hybridized carbons (Fsp3) is 0.238. The molecule has 2 N–H and O–H groups in total. The molecule has 3 aromatic heterocycles. The smallest absolute Gasteiger partial charge is 0.348 e. The van der Waals surface area contributed by atoms with E-state index in [1.54, 1.807) is 18.7 Å². The quantitative estimate of drug-likeness (QED) is 0.350. The SMILES string of the molecule is CCOC(=O)c1sc2nc(CSc3ncc(-c4ccccc4)n3C)nc(N)c2c1C. The molecule has 1 aromatic carbocycles. The van der Waals surface area contributed by atoms with Crippen molar-refractivity contribution in [2.45, 2.75) is 24.8 Å². The molecular weight excluding hydrogens is 418 g/mol. The van der Waals surface area contributed by atoms with Crippen LogP contribution in [0.1, 0.15) is 28.0 Å². The van der Waals surface area contributed by atoms with Gasteiger partial charge in [0.05, 0.1) is 29.6 Å². The number of rotatable bonds is 6. The van der Waals surface area contributed by atoms with Gasteiger partial charge in [0.15, 0.2) is 5.16 Å². The molecule has 154 valence electrons. The second-order valence-electron chi connectivity index (χ2n) is 6.62. The number of fused-ring (bicyclic) bond motifs is 1. The number of aromatic nitrogens is 4. The Hall–Kier alpha value is -2.91. The van der Waals surface area contributed by atoms with Gasteiger partial charge in [-0.2, -0.15) is 0 Å². The maximum atomic E-state index is 12.2. The van der Waals surface area contributed by atoms with Crippen LogP contribution in [-0.2, 0) is 17.5 Å². The molecule has 0 bridgehead atoms. The Morgan fingerprint density at radius 2 is 2.03 bits per heavy atom. The molecule has 3 heterocycles. The summed E-state index contributed by atoms with van der Waals surface area (Å²) in [5.74, 6) is 1.15. The lowest BCUT2D eigenvalue weighted by Crippen LogP contribution is -2.04. The number of nitrogen functional groups attached to an aromatic ring is 1. The van der Waals surface area contributed by atoms with Crippen molar-refractivity contribution >= 4 is 45.1 Å².